The number of ether oxygens (including phenoxy) is 1. The molecule has 5 heteroatoms. The maximum absolute atomic E-state index is 13.2. The Morgan fingerprint density at radius 2 is 2.05 bits per heavy atom. The van der Waals surface area contributed by atoms with Crippen molar-refractivity contribution in [1.29, 1.82) is 0 Å². The van der Waals surface area contributed by atoms with E-state index in [0.717, 1.165) is 37.8 Å². The number of benzene rings is 1. The largest absolute Gasteiger partial charge is 0.378 e. The van der Waals surface area contributed by atoms with Gasteiger partial charge < -0.3 is 15.4 Å². The lowest BCUT2D eigenvalue weighted by Crippen LogP contribution is -2.58. The van der Waals surface area contributed by atoms with Crippen molar-refractivity contribution in [3.63, 3.8) is 0 Å². The van der Waals surface area contributed by atoms with Gasteiger partial charge in [-0.3, -0.25) is 4.79 Å². The van der Waals surface area contributed by atoms with E-state index in [9.17, 15) is 4.79 Å². The Kier molecular flexibility index (Phi) is 4.44. The molecule has 1 aromatic rings. The molecule has 4 nitrogen and oxygen atoms in total. The zero-order valence-corrected chi connectivity index (χ0v) is 13.7. The number of carbonyl (C=O) groups excluding carboxylic acids is 1. The van der Waals surface area contributed by atoms with Gasteiger partial charge >= 0.3 is 0 Å². The van der Waals surface area contributed by atoms with E-state index in [-0.39, 0.29) is 23.5 Å². The summed E-state index contributed by atoms with van der Waals surface area (Å²) in [5.41, 5.74) is 6.77. The van der Waals surface area contributed by atoms with Gasteiger partial charge in [0.2, 0.25) is 5.91 Å². The van der Waals surface area contributed by atoms with Gasteiger partial charge in [-0.05, 0) is 37.0 Å². The minimum Gasteiger partial charge on any atom is -0.378 e. The van der Waals surface area contributed by atoms with Crippen molar-refractivity contribution < 1.29 is 9.53 Å². The normalized spacial score (nSPS) is 27.3. The number of likely N-dealkylation sites (tertiary alicyclic amines) is 1. The van der Waals surface area contributed by atoms with Gasteiger partial charge in [0.25, 0.3) is 0 Å². The summed E-state index contributed by atoms with van der Waals surface area (Å²) < 4.78 is 5.43. The average molecular weight is 323 g/mol. The van der Waals surface area contributed by atoms with Gasteiger partial charge in [0, 0.05) is 31.3 Å². The molecule has 120 valence electrons. The van der Waals surface area contributed by atoms with E-state index in [0.29, 0.717) is 11.6 Å². The van der Waals surface area contributed by atoms with E-state index in [4.69, 9.17) is 22.1 Å². The molecule has 2 fully saturated rings. The van der Waals surface area contributed by atoms with Crippen molar-refractivity contribution in [3.8, 4) is 0 Å². The standard InChI is InChI=1S/C17H23ClN2O2/c1-22-15-11-20(10-7-14(15)19)16(21)17(8-2-9-17)12-3-5-13(18)6-4-12/h3-6,14-15H,2,7-11,19H2,1H3/t14-,15+/m1/s1. The highest BCUT2D eigenvalue weighted by molar-refractivity contribution is 6.30. The molecule has 1 aliphatic carbocycles. The first-order chi connectivity index (χ1) is 10.6. The van der Waals surface area contributed by atoms with E-state index in [1.54, 1.807) is 7.11 Å². The lowest BCUT2D eigenvalue weighted by molar-refractivity contribution is -0.145. The molecule has 0 unspecified atom stereocenters. The Hall–Kier alpha value is -1.10. The summed E-state index contributed by atoms with van der Waals surface area (Å²) in [5.74, 6) is 0.218. The Morgan fingerprint density at radius 1 is 1.36 bits per heavy atom. The molecule has 2 aliphatic rings. The number of methoxy groups -OCH3 is 1. The quantitative estimate of drug-likeness (QED) is 0.929. The first-order valence-electron chi connectivity index (χ1n) is 7.90. The Labute approximate surface area is 136 Å². The lowest BCUT2D eigenvalue weighted by atomic mass is 9.63. The molecule has 0 bridgehead atoms. The number of piperidine rings is 1. The topological polar surface area (TPSA) is 55.6 Å². The molecule has 2 atom stereocenters. The van der Waals surface area contributed by atoms with E-state index in [1.165, 1.54) is 0 Å². The summed E-state index contributed by atoms with van der Waals surface area (Å²) in [4.78, 5) is 15.1. The minimum absolute atomic E-state index is 0.0157. The fourth-order valence-electron chi connectivity index (χ4n) is 3.60. The molecule has 1 saturated carbocycles. The van der Waals surface area contributed by atoms with Crippen LogP contribution in [0.2, 0.25) is 5.02 Å². The third-order valence-corrected chi connectivity index (χ3v) is 5.47. The molecule has 0 spiro atoms. The van der Waals surface area contributed by atoms with Crippen molar-refractivity contribution in [3.05, 3.63) is 34.9 Å². The summed E-state index contributed by atoms with van der Waals surface area (Å²) in [6, 6.07) is 7.73. The Balaban J connectivity index is 1.81. The molecule has 3 rings (SSSR count). The molecular weight excluding hydrogens is 300 g/mol. The lowest BCUT2D eigenvalue weighted by Gasteiger charge is -2.46. The van der Waals surface area contributed by atoms with Crippen molar-refractivity contribution in [2.75, 3.05) is 20.2 Å². The molecular formula is C17H23ClN2O2. The molecule has 1 aliphatic heterocycles. The van der Waals surface area contributed by atoms with E-state index < -0.39 is 0 Å². The highest BCUT2D eigenvalue weighted by Gasteiger charge is 2.48. The number of hydrogen-bond donors (Lipinski definition) is 1. The highest BCUT2D eigenvalue weighted by atomic mass is 35.5. The van der Waals surface area contributed by atoms with Crippen LogP contribution in [0.25, 0.3) is 0 Å². The van der Waals surface area contributed by atoms with Crippen LogP contribution in [0.1, 0.15) is 31.2 Å². The van der Waals surface area contributed by atoms with Crippen LogP contribution in [-0.2, 0) is 14.9 Å². The molecule has 0 aromatic heterocycles. The number of nitrogens with zero attached hydrogens (tertiary/aromatic N) is 1. The maximum atomic E-state index is 13.2. The maximum Gasteiger partial charge on any atom is 0.233 e. The van der Waals surface area contributed by atoms with Crippen LogP contribution in [0, 0.1) is 0 Å². The number of carbonyl (C=O) groups is 1. The fourth-order valence-corrected chi connectivity index (χ4v) is 3.72. The summed E-state index contributed by atoms with van der Waals surface area (Å²) in [5, 5.41) is 0.703. The number of amides is 1. The number of nitrogens with two attached hydrogens (primary N) is 1. The van der Waals surface area contributed by atoms with Crippen LogP contribution in [0.3, 0.4) is 0 Å². The second-order valence-corrected chi connectivity index (χ2v) is 6.86. The summed E-state index contributed by atoms with van der Waals surface area (Å²) in [7, 11) is 1.66. The molecule has 2 N–H and O–H groups in total. The summed E-state index contributed by atoms with van der Waals surface area (Å²) >= 11 is 5.98. The van der Waals surface area contributed by atoms with Crippen LogP contribution in [0.4, 0.5) is 0 Å². The van der Waals surface area contributed by atoms with Crippen LogP contribution in [0.5, 0.6) is 0 Å². The highest BCUT2D eigenvalue weighted by Crippen LogP contribution is 2.45. The Bertz CT molecular complexity index is 542. The van der Waals surface area contributed by atoms with E-state index in [2.05, 4.69) is 0 Å². The third-order valence-electron chi connectivity index (χ3n) is 5.21. The first kappa shape index (κ1) is 15.8. The van der Waals surface area contributed by atoms with Gasteiger partial charge in [-0.15, -0.1) is 0 Å². The molecule has 0 radical (unpaired) electrons. The summed E-state index contributed by atoms with van der Waals surface area (Å²) in [6.07, 6.45) is 3.64. The van der Waals surface area contributed by atoms with Gasteiger partial charge in [-0.2, -0.15) is 0 Å². The number of halogens is 1. The van der Waals surface area contributed by atoms with E-state index in [1.807, 2.05) is 29.2 Å². The fraction of sp³-hybridized carbons (Fsp3) is 0.588. The van der Waals surface area contributed by atoms with Crippen molar-refractivity contribution >= 4 is 17.5 Å². The third kappa shape index (κ3) is 2.64. The van der Waals surface area contributed by atoms with Crippen molar-refractivity contribution in [2.45, 2.75) is 43.2 Å². The SMILES string of the molecule is CO[C@H]1CN(C(=O)C2(c3ccc(Cl)cc3)CCC2)CC[C@H]1N. The average Bonchev–Trinajstić information content (AvgIpc) is 2.48. The molecule has 1 amide bonds. The van der Waals surface area contributed by atoms with E-state index >= 15 is 0 Å². The minimum atomic E-state index is -0.371. The number of rotatable bonds is 3. The van der Waals surface area contributed by atoms with Crippen LogP contribution in [0.15, 0.2) is 24.3 Å². The molecule has 1 saturated heterocycles. The smallest absolute Gasteiger partial charge is 0.233 e. The second-order valence-electron chi connectivity index (χ2n) is 6.42. The zero-order valence-electron chi connectivity index (χ0n) is 12.9. The second kappa shape index (κ2) is 6.19. The Morgan fingerprint density at radius 3 is 2.59 bits per heavy atom. The molecule has 1 heterocycles. The van der Waals surface area contributed by atoms with Gasteiger partial charge in [0.05, 0.1) is 11.5 Å². The summed E-state index contributed by atoms with van der Waals surface area (Å²) in [6.45, 7) is 1.31. The van der Waals surface area contributed by atoms with Crippen LogP contribution >= 0.6 is 11.6 Å². The van der Waals surface area contributed by atoms with Crippen molar-refractivity contribution in [2.24, 2.45) is 5.73 Å². The van der Waals surface area contributed by atoms with Crippen molar-refractivity contribution in [1.82, 2.24) is 4.90 Å². The molecule has 22 heavy (non-hydrogen) atoms. The van der Waals surface area contributed by atoms with Gasteiger partial charge in [-0.25, -0.2) is 0 Å². The monoisotopic (exact) mass is 322 g/mol. The van der Waals surface area contributed by atoms with Gasteiger partial charge in [-0.1, -0.05) is 30.2 Å². The predicted molar refractivity (Wildman–Crippen MR) is 87.0 cm³/mol. The van der Waals surface area contributed by atoms with Crippen LogP contribution < -0.4 is 5.73 Å². The van der Waals surface area contributed by atoms with Crippen LogP contribution in [-0.4, -0.2) is 43.2 Å². The van der Waals surface area contributed by atoms with Gasteiger partial charge in [0.15, 0.2) is 0 Å². The zero-order chi connectivity index (χ0) is 15.7. The van der Waals surface area contributed by atoms with Gasteiger partial charge in [0.1, 0.15) is 0 Å². The number of hydrogen-bond acceptors (Lipinski definition) is 3. The predicted octanol–water partition coefficient (Wildman–Crippen LogP) is 2.34. The first-order valence-corrected chi connectivity index (χ1v) is 8.28. The molecule has 1 aromatic carbocycles.